The number of rotatable bonds is 2. The highest BCUT2D eigenvalue weighted by Crippen LogP contribution is 2.15. The molecule has 0 aromatic rings. The second-order valence-corrected chi connectivity index (χ2v) is 4.49. The van der Waals surface area contributed by atoms with Gasteiger partial charge in [-0.3, -0.25) is 0 Å². The maximum absolute atomic E-state index is 5.63. The predicted octanol–water partition coefficient (Wildman–Crippen LogP) is 1.90. The maximum atomic E-state index is 5.63. The lowest BCUT2D eigenvalue weighted by atomic mass is 10.2. The van der Waals surface area contributed by atoms with E-state index >= 15 is 0 Å². The minimum Gasteiger partial charge on any atom is -0.317 e. The topological polar surface area (TPSA) is 26.0 Å². The molecule has 1 nitrogen and oxygen atoms in total. The largest absolute Gasteiger partial charge is 0.317 e. The van der Waals surface area contributed by atoms with Gasteiger partial charge in [-0.1, -0.05) is 35.9 Å². The molecule has 0 aromatic carbocycles. The third-order valence-electron chi connectivity index (χ3n) is 0.739. The molecule has 0 aliphatic carbocycles. The first-order chi connectivity index (χ1) is 3.06. The number of nitrogens with two attached hydrogens (primary N) is 1. The Balaban J connectivity index is 3.15. The molecule has 0 bridgehead atoms. The van der Waals surface area contributed by atoms with E-state index in [0.717, 1.165) is 6.42 Å². The first-order valence-corrected chi connectivity index (χ1v) is 3.62. The summed E-state index contributed by atoms with van der Waals surface area (Å²) in [6, 6.07) is 0. The van der Waals surface area contributed by atoms with Gasteiger partial charge < -0.3 is 5.73 Å². The summed E-state index contributed by atoms with van der Waals surface area (Å²) >= 11 is 2.25. The second kappa shape index (κ2) is 2.87. The summed E-state index contributed by atoms with van der Waals surface area (Å²) in [5.41, 5.74) is 5.63. The Morgan fingerprint density at radius 1 is 1.71 bits per heavy atom. The van der Waals surface area contributed by atoms with Crippen molar-refractivity contribution in [2.45, 2.75) is 30.2 Å². The standard InChI is InChI=1S/C5H12IN/c1-3-4-5(2,6)7/h3-4,7H2,1-2H3. The normalized spacial score (nSPS) is 18.9. The molecule has 1 atom stereocenters. The summed E-state index contributed by atoms with van der Waals surface area (Å²) in [4.78, 5) is 0. The monoisotopic (exact) mass is 213 g/mol. The van der Waals surface area contributed by atoms with Gasteiger partial charge in [0.1, 0.15) is 0 Å². The van der Waals surface area contributed by atoms with E-state index < -0.39 is 0 Å². The highest BCUT2D eigenvalue weighted by molar-refractivity contribution is 14.1. The highest BCUT2D eigenvalue weighted by Gasteiger charge is 2.08. The highest BCUT2D eigenvalue weighted by atomic mass is 127. The quantitative estimate of drug-likeness (QED) is 0.423. The van der Waals surface area contributed by atoms with E-state index in [1.165, 1.54) is 6.42 Å². The van der Waals surface area contributed by atoms with Crippen molar-refractivity contribution in [2.75, 3.05) is 0 Å². The zero-order valence-corrected chi connectivity index (χ0v) is 7.03. The van der Waals surface area contributed by atoms with Gasteiger partial charge in [0.2, 0.25) is 0 Å². The summed E-state index contributed by atoms with van der Waals surface area (Å²) in [5.74, 6) is 0. The van der Waals surface area contributed by atoms with Crippen molar-refractivity contribution in [1.82, 2.24) is 0 Å². The SMILES string of the molecule is CCCC(C)(N)I. The summed E-state index contributed by atoms with van der Waals surface area (Å²) in [7, 11) is 0. The number of alkyl halides is 1. The smallest absolute Gasteiger partial charge is 0.0651 e. The molecule has 0 aliphatic heterocycles. The molecule has 2 heteroatoms. The van der Waals surface area contributed by atoms with Crippen LogP contribution < -0.4 is 5.73 Å². The molecule has 0 saturated heterocycles. The van der Waals surface area contributed by atoms with Crippen LogP contribution in [0.5, 0.6) is 0 Å². The number of hydrogen-bond donors (Lipinski definition) is 1. The van der Waals surface area contributed by atoms with Gasteiger partial charge in [-0.15, -0.1) is 0 Å². The Labute approximate surface area is 58.8 Å². The van der Waals surface area contributed by atoms with Gasteiger partial charge in [0.15, 0.2) is 0 Å². The molecule has 7 heavy (non-hydrogen) atoms. The lowest BCUT2D eigenvalue weighted by Gasteiger charge is -2.13. The van der Waals surface area contributed by atoms with Crippen LogP contribution in [0, 0.1) is 0 Å². The van der Waals surface area contributed by atoms with Crippen LogP contribution in [0.3, 0.4) is 0 Å². The van der Waals surface area contributed by atoms with E-state index in [-0.39, 0.29) is 3.55 Å². The van der Waals surface area contributed by atoms with Crippen LogP contribution in [0.15, 0.2) is 0 Å². The fourth-order valence-corrected chi connectivity index (χ4v) is 1.03. The van der Waals surface area contributed by atoms with Crippen molar-refractivity contribution in [3.05, 3.63) is 0 Å². The van der Waals surface area contributed by atoms with Crippen molar-refractivity contribution in [1.29, 1.82) is 0 Å². The van der Waals surface area contributed by atoms with Gasteiger partial charge in [-0.05, 0) is 13.3 Å². The number of hydrogen-bond acceptors (Lipinski definition) is 1. The molecule has 0 aliphatic rings. The van der Waals surface area contributed by atoms with E-state index in [1.54, 1.807) is 0 Å². The molecule has 0 aromatic heterocycles. The van der Waals surface area contributed by atoms with Crippen LogP contribution in [0.4, 0.5) is 0 Å². The van der Waals surface area contributed by atoms with E-state index in [0.29, 0.717) is 0 Å². The van der Waals surface area contributed by atoms with Crippen molar-refractivity contribution in [3.63, 3.8) is 0 Å². The summed E-state index contributed by atoms with van der Waals surface area (Å²) < 4.78 is 0.0203. The molecule has 0 fully saturated rings. The van der Waals surface area contributed by atoms with Crippen LogP contribution in [0.2, 0.25) is 0 Å². The third-order valence-corrected chi connectivity index (χ3v) is 1.28. The van der Waals surface area contributed by atoms with Crippen molar-refractivity contribution < 1.29 is 0 Å². The van der Waals surface area contributed by atoms with Crippen molar-refractivity contribution in [2.24, 2.45) is 5.73 Å². The second-order valence-electron chi connectivity index (χ2n) is 2.03. The molecule has 0 amide bonds. The fourth-order valence-electron chi connectivity index (χ4n) is 0.489. The Morgan fingerprint density at radius 2 is 2.14 bits per heavy atom. The number of halogens is 1. The minimum atomic E-state index is 0.0203. The van der Waals surface area contributed by atoms with Gasteiger partial charge >= 0.3 is 0 Å². The Morgan fingerprint density at radius 3 is 2.14 bits per heavy atom. The van der Waals surface area contributed by atoms with E-state index in [2.05, 4.69) is 29.5 Å². The summed E-state index contributed by atoms with van der Waals surface area (Å²) in [6.45, 7) is 4.18. The maximum Gasteiger partial charge on any atom is 0.0651 e. The molecule has 0 rings (SSSR count). The zero-order chi connectivity index (χ0) is 5.91. The Kier molecular flexibility index (Phi) is 3.15. The molecular formula is C5H12IN. The van der Waals surface area contributed by atoms with Gasteiger partial charge in [-0.25, -0.2) is 0 Å². The molecule has 0 spiro atoms. The van der Waals surface area contributed by atoms with Crippen molar-refractivity contribution in [3.8, 4) is 0 Å². The first-order valence-electron chi connectivity index (χ1n) is 2.54. The Bertz CT molecular complexity index is 46.5. The van der Waals surface area contributed by atoms with Crippen LogP contribution in [0.25, 0.3) is 0 Å². The molecule has 0 radical (unpaired) electrons. The van der Waals surface area contributed by atoms with Gasteiger partial charge in [0.05, 0.1) is 3.55 Å². The van der Waals surface area contributed by atoms with Crippen molar-refractivity contribution >= 4 is 22.6 Å². The van der Waals surface area contributed by atoms with E-state index in [4.69, 9.17) is 5.73 Å². The lowest BCUT2D eigenvalue weighted by molar-refractivity contribution is 0.628. The van der Waals surface area contributed by atoms with Gasteiger partial charge in [-0.2, -0.15) is 0 Å². The van der Waals surface area contributed by atoms with E-state index in [1.807, 2.05) is 6.92 Å². The zero-order valence-electron chi connectivity index (χ0n) is 4.87. The third kappa shape index (κ3) is 6.69. The van der Waals surface area contributed by atoms with Crippen LogP contribution in [-0.4, -0.2) is 3.55 Å². The van der Waals surface area contributed by atoms with Crippen LogP contribution in [-0.2, 0) is 0 Å². The molecule has 2 N–H and O–H groups in total. The molecule has 0 saturated carbocycles. The average Bonchev–Trinajstić information content (AvgIpc) is 1.30. The van der Waals surface area contributed by atoms with Gasteiger partial charge in [0.25, 0.3) is 0 Å². The summed E-state index contributed by atoms with van der Waals surface area (Å²) in [6.07, 6.45) is 2.28. The molecule has 44 valence electrons. The lowest BCUT2D eigenvalue weighted by Crippen LogP contribution is -2.26. The molecule has 1 unspecified atom stereocenters. The predicted molar refractivity (Wildman–Crippen MR) is 41.5 cm³/mol. The molecule has 0 heterocycles. The molecular weight excluding hydrogens is 201 g/mol. The fraction of sp³-hybridized carbons (Fsp3) is 1.00. The van der Waals surface area contributed by atoms with E-state index in [9.17, 15) is 0 Å². The first kappa shape index (κ1) is 7.69. The average molecular weight is 213 g/mol. The van der Waals surface area contributed by atoms with Crippen LogP contribution in [0.1, 0.15) is 26.7 Å². The van der Waals surface area contributed by atoms with Gasteiger partial charge in [0, 0.05) is 0 Å². The Hall–Kier alpha value is 0.690. The minimum absolute atomic E-state index is 0.0203. The summed E-state index contributed by atoms with van der Waals surface area (Å²) in [5, 5.41) is 0. The van der Waals surface area contributed by atoms with Crippen LogP contribution >= 0.6 is 22.6 Å².